The molecule has 6 heteroatoms. The standard InChI is InChI=1S/C15H21N3O3/c1-16-14(19)6-7-17-15(20)12-4-2-3-5-13(12)18-8-10-21-11-9-18/h2-5H,6-11H2,1H3,(H,16,19)(H,17,20). The Labute approximate surface area is 124 Å². The lowest BCUT2D eigenvalue weighted by Crippen LogP contribution is -2.38. The molecule has 0 aliphatic carbocycles. The Hall–Kier alpha value is -2.08. The van der Waals surface area contributed by atoms with Gasteiger partial charge in [-0.2, -0.15) is 0 Å². The van der Waals surface area contributed by atoms with E-state index in [1.165, 1.54) is 0 Å². The van der Waals surface area contributed by atoms with Crippen molar-refractivity contribution in [3.05, 3.63) is 29.8 Å². The van der Waals surface area contributed by atoms with Crippen LogP contribution in [0.1, 0.15) is 16.8 Å². The van der Waals surface area contributed by atoms with E-state index in [2.05, 4.69) is 15.5 Å². The van der Waals surface area contributed by atoms with Gasteiger partial charge in [-0.3, -0.25) is 9.59 Å². The van der Waals surface area contributed by atoms with Gasteiger partial charge in [0.25, 0.3) is 5.91 Å². The van der Waals surface area contributed by atoms with E-state index in [4.69, 9.17) is 4.74 Å². The molecule has 2 N–H and O–H groups in total. The normalized spacial score (nSPS) is 14.6. The molecule has 1 aromatic rings. The Kier molecular flexibility index (Phi) is 5.57. The number of amides is 2. The second-order valence-electron chi connectivity index (χ2n) is 4.80. The van der Waals surface area contributed by atoms with E-state index in [1.54, 1.807) is 13.1 Å². The van der Waals surface area contributed by atoms with Crippen molar-refractivity contribution in [2.45, 2.75) is 6.42 Å². The molecule has 2 rings (SSSR count). The minimum atomic E-state index is -0.152. The van der Waals surface area contributed by atoms with Gasteiger partial charge in [-0.15, -0.1) is 0 Å². The Morgan fingerprint density at radius 1 is 1.24 bits per heavy atom. The summed E-state index contributed by atoms with van der Waals surface area (Å²) in [6, 6.07) is 7.52. The molecule has 1 aliphatic heterocycles. The first-order valence-electron chi connectivity index (χ1n) is 7.13. The number of rotatable bonds is 5. The van der Waals surface area contributed by atoms with Crippen molar-refractivity contribution in [3.63, 3.8) is 0 Å². The van der Waals surface area contributed by atoms with Gasteiger partial charge in [0.2, 0.25) is 5.91 Å². The lowest BCUT2D eigenvalue weighted by Gasteiger charge is -2.30. The molecule has 0 bridgehead atoms. The van der Waals surface area contributed by atoms with Gasteiger partial charge in [-0.1, -0.05) is 12.1 Å². The summed E-state index contributed by atoms with van der Waals surface area (Å²) in [7, 11) is 1.58. The van der Waals surface area contributed by atoms with E-state index >= 15 is 0 Å². The van der Waals surface area contributed by atoms with Crippen LogP contribution in [0.3, 0.4) is 0 Å². The predicted molar refractivity (Wildman–Crippen MR) is 80.5 cm³/mol. The SMILES string of the molecule is CNC(=O)CCNC(=O)c1ccccc1N1CCOCC1. The quantitative estimate of drug-likeness (QED) is 0.823. The zero-order chi connectivity index (χ0) is 15.1. The summed E-state index contributed by atoms with van der Waals surface area (Å²) < 4.78 is 5.34. The second kappa shape index (κ2) is 7.64. The van der Waals surface area contributed by atoms with E-state index < -0.39 is 0 Å². The summed E-state index contributed by atoms with van der Waals surface area (Å²) in [4.78, 5) is 25.6. The summed E-state index contributed by atoms with van der Waals surface area (Å²) in [5.74, 6) is -0.238. The van der Waals surface area contributed by atoms with Crippen LogP contribution in [0.4, 0.5) is 5.69 Å². The molecule has 21 heavy (non-hydrogen) atoms. The zero-order valence-corrected chi connectivity index (χ0v) is 12.2. The monoisotopic (exact) mass is 291 g/mol. The van der Waals surface area contributed by atoms with Crippen LogP contribution < -0.4 is 15.5 Å². The Balaban J connectivity index is 2.01. The van der Waals surface area contributed by atoms with Crippen molar-refractivity contribution in [2.24, 2.45) is 0 Å². The number of ether oxygens (including phenoxy) is 1. The molecule has 6 nitrogen and oxygen atoms in total. The fourth-order valence-electron chi connectivity index (χ4n) is 2.26. The van der Waals surface area contributed by atoms with Gasteiger partial charge in [0.15, 0.2) is 0 Å². The Morgan fingerprint density at radius 2 is 1.95 bits per heavy atom. The van der Waals surface area contributed by atoms with Gasteiger partial charge in [-0.25, -0.2) is 0 Å². The van der Waals surface area contributed by atoms with E-state index in [1.807, 2.05) is 18.2 Å². The molecule has 0 saturated carbocycles. The van der Waals surface area contributed by atoms with Crippen LogP contribution >= 0.6 is 0 Å². The van der Waals surface area contributed by atoms with Crippen molar-refractivity contribution < 1.29 is 14.3 Å². The fourth-order valence-corrected chi connectivity index (χ4v) is 2.26. The van der Waals surface area contributed by atoms with Crippen LogP contribution in [0.2, 0.25) is 0 Å². The van der Waals surface area contributed by atoms with Crippen LogP contribution in [0.5, 0.6) is 0 Å². The molecule has 0 unspecified atom stereocenters. The molecular weight excluding hydrogens is 270 g/mol. The van der Waals surface area contributed by atoms with Crippen molar-refractivity contribution in [1.82, 2.24) is 10.6 Å². The largest absolute Gasteiger partial charge is 0.378 e. The van der Waals surface area contributed by atoms with Crippen LogP contribution in [0, 0.1) is 0 Å². The molecule has 0 atom stereocenters. The third-order valence-corrected chi connectivity index (χ3v) is 3.42. The van der Waals surface area contributed by atoms with Crippen molar-refractivity contribution in [2.75, 3.05) is 44.8 Å². The molecule has 1 aromatic carbocycles. The van der Waals surface area contributed by atoms with Crippen molar-refractivity contribution in [1.29, 1.82) is 0 Å². The molecule has 1 heterocycles. The summed E-state index contributed by atoms with van der Waals surface area (Å²) in [6.45, 7) is 3.24. The van der Waals surface area contributed by atoms with Crippen LogP contribution in [-0.2, 0) is 9.53 Å². The number of carbonyl (C=O) groups is 2. The fraction of sp³-hybridized carbons (Fsp3) is 0.467. The third kappa shape index (κ3) is 4.19. The van der Waals surface area contributed by atoms with E-state index in [-0.39, 0.29) is 18.2 Å². The van der Waals surface area contributed by atoms with Crippen LogP contribution in [0.15, 0.2) is 24.3 Å². The molecule has 1 fully saturated rings. The summed E-state index contributed by atoms with van der Waals surface area (Å²) in [5.41, 5.74) is 1.55. The van der Waals surface area contributed by atoms with E-state index in [0.717, 1.165) is 18.8 Å². The van der Waals surface area contributed by atoms with Crippen LogP contribution in [-0.4, -0.2) is 51.7 Å². The topological polar surface area (TPSA) is 70.7 Å². The number of morpholine rings is 1. The van der Waals surface area contributed by atoms with Gasteiger partial charge in [0.1, 0.15) is 0 Å². The smallest absolute Gasteiger partial charge is 0.253 e. The Bertz CT molecular complexity index is 499. The zero-order valence-electron chi connectivity index (χ0n) is 12.2. The molecular formula is C15H21N3O3. The highest BCUT2D eigenvalue weighted by Gasteiger charge is 2.18. The van der Waals surface area contributed by atoms with E-state index in [9.17, 15) is 9.59 Å². The highest BCUT2D eigenvalue weighted by molar-refractivity contribution is 6.00. The van der Waals surface area contributed by atoms with Crippen LogP contribution in [0.25, 0.3) is 0 Å². The maximum atomic E-state index is 12.3. The van der Waals surface area contributed by atoms with E-state index in [0.29, 0.717) is 25.3 Å². The molecule has 1 aliphatic rings. The second-order valence-corrected chi connectivity index (χ2v) is 4.80. The maximum Gasteiger partial charge on any atom is 0.253 e. The van der Waals surface area contributed by atoms with Gasteiger partial charge >= 0.3 is 0 Å². The molecule has 0 spiro atoms. The third-order valence-electron chi connectivity index (χ3n) is 3.42. The first-order chi connectivity index (χ1) is 10.2. The molecule has 0 aromatic heterocycles. The minimum Gasteiger partial charge on any atom is -0.378 e. The average Bonchev–Trinajstić information content (AvgIpc) is 2.55. The number of benzene rings is 1. The summed E-state index contributed by atoms with van der Waals surface area (Å²) >= 11 is 0. The maximum absolute atomic E-state index is 12.3. The van der Waals surface area contributed by atoms with Gasteiger partial charge in [0, 0.05) is 38.8 Å². The number of carbonyl (C=O) groups excluding carboxylic acids is 2. The molecule has 1 saturated heterocycles. The molecule has 0 radical (unpaired) electrons. The highest BCUT2D eigenvalue weighted by atomic mass is 16.5. The number of nitrogens with one attached hydrogen (secondary N) is 2. The van der Waals surface area contributed by atoms with Crippen molar-refractivity contribution in [3.8, 4) is 0 Å². The average molecular weight is 291 g/mol. The number of nitrogens with zero attached hydrogens (tertiary/aromatic N) is 1. The van der Waals surface area contributed by atoms with Crippen molar-refractivity contribution >= 4 is 17.5 Å². The first-order valence-corrected chi connectivity index (χ1v) is 7.13. The summed E-state index contributed by atoms with van der Waals surface area (Å²) in [5, 5.41) is 5.32. The Morgan fingerprint density at radius 3 is 2.67 bits per heavy atom. The number of hydrogen-bond acceptors (Lipinski definition) is 4. The highest BCUT2D eigenvalue weighted by Crippen LogP contribution is 2.21. The number of anilines is 1. The molecule has 2 amide bonds. The number of para-hydroxylation sites is 1. The van der Waals surface area contributed by atoms with Gasteiger partial charge < -0.3 is 20.3 Å². The van der Waals surface area contributed by atoms with Gasteiger partial charge in [0.05, 0.1) is 18.8 Å². The lowest BCUT2D eigenvalue weighted by atomic mass is 10.1. The molecule has 114 valence electrons. The lowest BCUT2D eigenvalue weighted by molar-refractivity contribution is -0.120. The first kappa shape index (κ1) is 15.3. The minimum absolute atomic E-state index is 0.0863. The predicted octanol–water partition coefficient (Wildman–Crippen LogP) is 0.389. The number of hydrogen-bond donors (Lipinski definition) is 2. The summed E-state index contributed by atoms with van der Waals surface area (Å²) in [6.07, 6.45) is 0.280. The van der Waals surface area contributed by atoms with Gasteiger partial charge in [-0.05, 0) is 12.1 Å².